The van der Waals surface area contributed by atoms with Gasteiger partial charge in [-0.15, -0.1) is 0 Å². The van der Waals surface area contributed by atoms with E-state index in [0.29, 0.717) is 0 Å². The van der Waals surface area contributed by atoms with E-state index in [4.69, 9.17) is 16.9 Å². The molecule has 0 radical (unpaired) electrons. The predicted molar refractivity (Wildman–Crippen MR) is 100.0 cm³/mol. The van der Waals surface area contributed by atoms with Crippen LogP contribution in [0.5, 0.6) is 0 Å². The molecule has 2 N–H and O–H groups in total. The number of nitrogens with one attached hydrogen (secondary N) is 2. The van der Waals surface area contributed by atoms with E-state index in [0.717, 1.165) is 11.4 Å². The molecule has 0 aromatic heterocycles. The molecule has 0 amide bonds. The van der Waals surface area contributed by atoms with Gasteiger partial charge >= 0.3 is 0 Å². The highest BCUT2D eigenvalue weighted by atomic mass is 35.5. The summed E-state index contributed by atoms with van der Waals surface area (Å²) in [6.45, 7) is 7.83. The van der Waals surface area contributed by atoms with Gasteiger partial charge in [0.1, 0.15) is 6.04 Å². The molecule has 2 aromatic rings. The van der Waals surface area contributed by atoms with E-state index in [-0.39, 0.29) is 11.5 Å². The van der Waals surface area contributed by atoms with E-state index < -0.39 is 0 Å². The summed E-state index contributed by atoms with van der Waals surface area (Å²) in [5.41, 5.74) is 4.51. The number of nitrogens with zero attached hydrogens (tertiary/aromatic N) is 1. The number of aryl methyl sites for hydroxylation is 2. The molecule has 2 aromatic carbocycles. The maximum absolute atomic E-state index is 8.55. The van der Waals surface area contributed by atoms with Crippen molar-refractivity contribution in [3.63, 3.8) is 0 Å². The molecule has 0 aliphatic rings. The standard InChI is InChI=1S/C10H12N2.C9H12ClN/c1-8-4-3-5-10(6-8)12-9(2)7-11;1-7-4-3-5-9(6-7)11-8(2)10/h3-6,9,12H,1-2H3;3-6,8,11H,1-2H3. The van der Waals surface area contributed by atoms with Crippen molar-refractivity contribution in [2.24, 2.45) is 0 Å². The average Bonchev–Trinajstić information content (AvgIpc) is 2.47. The molecule has 122 valence electrons. The first-order valence-corrected chi connectivity index (χ1v) is 8.04. The second-order valence-electron chi connectivity index (χ2n) is 5.49. The van der Waals surface area contributed by atoms with E-state index in [2.05, 4.69) is 35.8 Å². The molecule has 0 saturated heterocycles. The molecule has 0 heterocycles. The Balaban J connectivity index is 0.000000231. The number of hydrogen-bond acceptors (Lipinski definition) is 3. The van der Waals surface area contributed by atoms with Gasteiger partial charge in [-0.05, 0) is 63.1 Å². The zero-order valence-electron chi connectivity index (χ0n) is 14.1. The minimum absolute atomic E-state index is 0.0169. The Morgan fingerprint density at radius 1 is 0.913 bits per heavy atom. The topological polar surface area (TPSA) is 47.9 Å². The molecule has 2 rings (SSSR count). The van der Waals surface area contributed by atoms with Gasteiger partial charge in [0.2, 0.25) is 0 Å². The molecule has 0 saturated carbocycles. The molecule has 3 nitrogen and oxygen atoms in total. The van der Waals surface area contributed by atoms with Gasteiger partial charge in [0.25, 0.3) is 0 Å². The second kappa shape index (κ2) is 9.76. The molecule has 23 heavy (non-hydrogen) atoms. The Morgan fingerprint density at radius 2 is 1.39 bits per heavy atom. The van der Waals surface area contributed by atoms with Gasteiger partial charge in [0.15, 0.2) is 0 Å². The second-order valence-corrected chi connectivity index (χ2v) is 6.15. The van der Waals surface area contributed by atoms with Crippen LogP contribution in [0.3, 0.4) is 0 Å². The number of halogens is 1. The van der Waals surface area contributed by atoms with Crippen molar-refractivity contribution < 1.29 is 0 Å². The molecule has 0 spiro atoms. The average molecular weight is 330 g/mol. The molecule has 0 bridgehead atoms. The number of anilines is 2. The van der Waals surface area contributed by atoms with Crippen LogP contribution in [-0.4, -0.2) is 11.5 Å². The highest BCUT2D eigenvalue weighted by Gasteiger charge is 1.97. The molecule has 4 heteroatoms. The van der Waals surface area contributed by atoms with Crippen molar-refractivity contribution in [3.8, 4) is 6.07 Å². The number of nitriles is 1. The van der Waals surface area contributed by atoms with E-state index in [9.17, 15) is 0 Å². The number of benzene rings is 2. The van der Waals surface area contributed by atoms with Crippen LogP contribution in [0.15, 0.2) is 48.5 Å². The predicted octanol–water partition coefficient (Wildman–Crippen LogP) is 5.31. The fourth-order valence-electron chi connectivity index (χ4n) is 1.98. The Bertz CT molecular complexity index is 647. The highest BCUT2D eigenvalue weighted by molar-refractivity contribution is 6.21. The number of alkyl halides is 1. The van der Waals surface area contributed by atoms with Gasteiger partial charge < -0.3 is 10.6 Å². The largest absolute Gasteiger partial charge is 0.370 e. The summed E-state index contributed by atoms with van der Waals surface area (Å²) < 4.78 is 0. The smallest absolute Gasteiger partial charge is 0.111 e. The van der Waals surface area contributed by atoms with Gasteiger partial charge in [-0.1, -0.05) is 35.9 Å². The van der Waals surface area contributed by atoms with Crippen LogP contribution in [0.2, 0.25) is 0 Å². The van der Waals surface area contributed by atoms with Crippen molar-refractivity contribution in [3.05, 3.63) is 59.7 Å². The Hall–Kier alpha value is -2.18. The van der Waals surface area contributed by atoms with E-state index in [1.807, 2.05) is 57.2 Å². The lowest BCUT2D eigenvalue weighted by Crippen LogP contribution is -2.11. The summed E-state index contributed by atoms with van der Waals surface area (Å²) in [5, 5.41) is 14.7. The normalized spacial score (nSPS) is 12.2. The van der Waals surface area contributed by atoms with Crippen LogP contribution in [0, 0.1) is 25.2 Å². The van der Waals surface area contributed by atoms with Crippen LogP contribution < -0.4 is 10.6 Å². The molecule has 0 aliphatic heterocycles. The summed E-state index contributed by atoms with van der Waals surface area (Å²) in [4.78, 5) is 0. The third kappa shape index (κ3) is 8.13. The van der Waals surface area contributed by atoms with Crippen molar-refractivity contribution >= 4 is 23.0 Å². The van der Waals surface area contributed by atoms with Crippen LogP contribution in [0.25, 0.3) is 0 Å². The first-order chi connectivity index (χ1) is 10.9. The molecule has 0 fully saturated rings. The molecule has 2 unspecified atom stereocenters. The van der Waals surface area contributed by atoms with Gasteiger partial charge in [-0.2, -0.15) is 5.26 Å². The van der Waals surface area contributed by atoms with Gasteiger partial charge in [-0.3, -0.25) is 0 Å². The minimum atomic E-state index is -0.133. The summed E-state index contributed by atoms with van der Waals surface area (Å²) in [6, 6.07) is 18.1. The van der Waals surface area contributed by atoms with Crippen LogP contribution in [0.1, 0.15) is 25.0 Å². The first kappa shape index (κ1) is 18.9. The van der Waals surface area contributed by atoms with Crippen molar-refractivity contribution in [1.82, 2.24) is 0 Å². The third-order valence-electron chi connectivity index (χ3n) is 2.98. The van der Waals surface area contributed by atoms with Crippen LogP contribution in [-0.2, 0) is 0 Å². The number of rotatable bonds is 4. The molecule has 0 aliphatic carbocycles. The van der Waals surface area contributed by atoms with Crippen molar-refractivity contribution in [2.75, 3.05) is 10.6 Å². The lowest BCUT2D eigenvalue weighted by Gasteiger charge is -2.07. The van der Waals surface area contributed by atoms with Gasteiger partial charge in [0.05, 0.1) is 11.6 Å². The fourth-order valence-corrected chi connectivity index (χ4v) is 2.11. The van der Waals surface area contributed by atoms with E-state index in [1.54, 1.807) is 0 Å². The lowest BCUT2D eigenvalue weighted by molar-refractivity contribution is 1.01. The van der Waals surface area contributed by atoms with Crippen molar-refractivity contribution in [2.45, 2.75) is 39.2 Å². The van der Waals surface area contributed by atoms with Gasteiger partial charge in [-0.25, -0.2) is 0 Å². The molecular formula is C19H24ClN3. The zero-order chi connectivity index (χ0) is 17.2. The summed E-state index contributed by atoms with van der Waals surface area (Å²) in [7, 11) is 0. The zero-order valence-corrected chi connectivity index (χ0v) is 14.9. The maximum Gasteiger partial charge on any atom is 0.111 e. The Kier molecular flexibility index (Phi) is 8.01. The van der Waals surface area contributed by atoms with Crippen molar-refractivity contribution in [1.29, 1.82) is 5.26 Å². The molecule has 2 atom stereocenters. The summed E-state index contributed by atoms with van der Waals surface area (Å²) >= 11 is 5.75. The Labute approximate surface area is 144 Å². The lowest BCUT2D eigenvalue weighted by atomic mass is 10.2. The quantitative estimate of drug-likeness (QED) is 0.590. The summed E-state index contributed by atoms with van der Waals surface area (Å²) in [5.74, 6) is 0. The van der Waals surface area contributed by atoms with E-state index >= 15 is 0 Å². The monoisotopic (exact) mass is 329 g/mol. The molecular weight excluding hydrogens is 306 g/mol. The summed E-state index contributed by atoms with van der Waals surface area (Å²) in [6.07, 6.45) is 0. The minimum Gasteiger partial charge on any atom is -0.370 e. The highest BCUT2D eigenvalue weighted by Crippen LogP contribution is 2.11. The SMILES string of the molecule is Cc1cccc(NC(C)C#N)c1.Cc1cccc(NC(C)Cl)c1. The van der Waals surface area contributed by atoms with Crippen LogP contribution in [0.4, 0.5) is 11.4 Å². The van der Waals surface area contributed by atoms with Gasteiger partial charge in [0, 0.05) is 11.4 Å². The van der Waals surface area contributed by atoms with E-state index in [1.165, 1.54) is 11.1 Å². The third-order valence-corrected chi connectivity index (χ3v) is 3.09. The maximum atomic E-state index is 8.55. The number of hydrogen-bond donors (Lipinski definition) is 2. The first-order valence-electron chi connectivity index (χ1n) is 7.61. The fraction of sp³-hybridized carbons (Fsp3) is 0.316. The van der Waals surface area contributed by atoms with Crippen LogP contribution >= 0.6 is 11.6 Å². The Morgan fingerprint density at radius 3 is 1.78 bits per heavy atom.